The highest BCUT2D eigenvalue weighted by Crippen LogP contribution is 2.25. The molecule has 0 unspecified atom stereocenters. The van der Waals surface area contributed by atoms with Gasteiger partial charge in [-0.05, 0) is 36.8 Å². The first-order valence-electron chi connectivity index (χ1n) is 5.36. The number of phenols is 1. The van der Waals surface area contributed by atoms with E-state index in [0.29, 0.717) is 5.52 Å². The first-order chi connectivity index (χ1) is 8.25. The molecule has 0 radical (unpaired) electrons. The first-order valence-corrected chi connectivity index (χ1v) is 5.36. The lowest BCUT2D eigenvalue weighted by atomic mass is 10.2. The van der Waals surface area contributed by atoms with Crippen molar-refractivity contribution >= 4 is 11.0 Å². The molecule has 1 N–H and O–H groups in total. The number of nitrogens with zero attached hydrogens (tertiary/aromatic N) is 3. The Labute approximate surface area is 98.1 Å². The van der Waals surface area contributed by atoms with E-state index in [1.54, 1.807) is 10.7 Å². The third kappa shape index (κ3) is 1.54. The molecule has 0 aliphatic rings. The van der Waals surface area contributed by atoms with Gasteiger partial charge in [0.15, 0.2) is 5.52 Å². The zero-order chi connectivity index (χ0) is 11.8. The average molecular weight is 225 g/mol. The lowest BCUT2D eigenvalue weighted by Gasteiger charge is -2.02. The van der Waals surface area contributed by atoms with Gasteiger partial charge in [0.2, 0.25) is 0 Å². The highest BCUT2D eigenvalue weighted by atomic mass is 16.3. The van der Waals surface area contributed by atoms with Gasteiger partial charge in [-0.2, -0.15) is 0 Å². The Morgan fingerprint density at radius 1 is 1.12 bits per heavy atom. The highest BCUT2D eigenvalue weighted by molar-refractivity contribution is 5.82. The number of rotatable bonds is 1. The van der Waals surface area contributed by atoms with Crippen molar-refractivity contribution in [1.29, 1.82) is 0 Å². The summed E-state index contributed by atoms with van der Waals surface area (Å²) >= 11 is 0. The van der Waals surface area contributed by atoms with Crippen molar-refractivity contribution in [2.45, 2.75) is 6.92 Å². The third-order valence-corrected chi connectivity index (χ3v) is 2.68. The lowest BCUT2D eigenvalue weighted by Crippen LogP contribution is -1.95. The fourth-order valence-corrected chi connectivity index (χ4v) is 1.90. The van der Waals surface area contributed by atoms with E-state index >= 15 is 0 Å². The van der Waals surface area contributed by atoms with Crippen molar-refractivity contribution in [1.82, 2.24) is 15.0 Å². The fourth-order valence-electron chi connectivity index (χ4n) is 1.90. The molecule has 0 aliphatic carbocycles. The molecule has 84 valence electrons. The van der Waals surface area contributed by atoms with Crippen molar-refractivity contribution in [3.8, 4) is 11.4 Å². The Balaban J connectivity index is 2.32. The predicted molar refractivity (Wildman–Crippen MR) is 65.3 cm³/mol. The van der Waals surface area contributed by atoms with Crippen LogP contribution in [0.4, 0.5) is 0 Å². The van der Waals surface area contributed by atoms with Gasteiger partial charge in [0.05, 0.1) is 11.2 Å². The number of hydrogen-bond donors (Lipinski definition) is 1. The molecule has 17 heavy (non-hydrogen) atoms. The topological polar surface area (TPSA) is 50.9 Å². The van der Waals surface area contributed by atoms with E-state index in [1.807, 2.05) is 43.3 Å². The molecule has 0 amide bonds. The minimum Gasteiger partial charge on any atom is -0.506 e. The molecule has 3 rings (SSSR count). The zero-order valence-corrected chi connectivity index (χ0v) is 9.33. The van der Waals surface area contributed by atoms with Crippen LogP contribution in [0.25, 0.3) is 16.7 Å². The van der Waals surface area contributed by atoms with Gasteiger partial charge in [-0.25, -0.2) is 4.68 Å². The van der Waals surface area contributed by atoms with Crippen LogP contribution >= 0.6 is 0 Å². The molecular formula is C13H11N3O. The van der Waals surface area contributed by atoms with Gasteiger partial charge in [0.25, 0.3) is 0 Å². The van der Waals surface area contributed by atoms with E-state index in [-0.39, 0.29) is 5.75 Å². The monoisotopic (exact) mass is 225 g/mol. The first kappa shape index (κ1) is 9.84. The van der Waals surface area contributed by atoms with E-state index in [1.165, 1.54) is 0 Å². The molecule has 3 aromatic rings. The summed E-state index contributed by atoms with van der Waals surface area (Å²) in [6.07, 6.45) is 0. The van der Waals surface area contributed by atoms with Crippen LogP contribution in [0.1, 0.15) is 5.56 Å². The van der Waals surface area contributed by atoms with Crippen molar-refractivity contribution < 1.29 is 5.11 Å². The van der Waals surface area contributed by atoms with Crippen LogP contribution in [0.2, 0.25) is 0 Å². The fraction of sp³-hybridized carbons (Fsp3) is 0.0769. The second-order valence-electron chi connectivity index (χ2n) is 3.99. The summed E-state index contributed by atoms with van der Waals surface area (Å²) < 4.78 is 1.72. The Hall–Kier alpha value is -2.36. The van der Waals surface area contributed by atoms with Crippen molar-refractivity contribution in [3.05, 3.63) is 48.0 Å². The molecule has 0 saturated heterocycles. The normalized spacial score (nSPS) is 10.9. The number of hydrogen-bond acceptors (Lipinski definition) is 3. The van der Waals surface area contributed by atoms with Crippen LogP contribution in [0.3, 0.4) is 0 Å². The molecule has 2 aromatic carbocycles. The van der Waals surface area contributed by atoms with Gasteiger partial charge >= 0.3 is 0 Å². The van der Waals surface area contributed by atoms with Crippen LogP contribution in [0.15, 0.2) is 42.5 Å². The largest absolute Gasteiger partial charge is 0.506 e. The highest BCUT2D eigenvalue weighted by Gasteiger charge is 2.10. The predicted octanol–water partition coefficient (Wildman–Crippen LogP) is 2.43. The second-order valence-corrected chi connectivity index (χ2v) is 3.99. The summed E-state index contributed by atoms with van der Waals surface area (Å²) in [7, 11) is 0. The van der Waals surface area contributed by atoms with Crippen LogP contribution in [0.5, 0.6) is 5.75 Å². The van der Waals surface area contributed by atoms with Crippen molar-refractivity contribution in [2.24, 2.45) is 0 Å². The molecule has 0 spiro atoms. The molecule has 0 fully saturated rings. The van der Waals surface area contributed by atoms with Crippen molar-refractivity contribution in [3.63, 3.8) is 0 Å². The smallest absolute Gasteiger partial charge is 0.155 e. The zero-order valence-electron chi connectivity index (χ0n) is 9.33. The molecule has 0 aliphatic heterocycles. The van der Waals surface area contributed by atoms with E-state index < -0.39 is 0 Å². The van der Waals surface area contributed by atoms with Gasteiger partial charge in [-0.15, -0.1) is 5.10 Å². The Morgan fingerprint density at radius 3 is 2.65 bits per heavy atom. The summed E-state index contributed by atoms with van der Waals surface area (Å²) in [6.45, 7) is 1.93. The molecule has 1 heterocycles. The summed E-state index contributed by atoms with van der Waals surface area (Å²) in [5, 5.41) is 17.9. The maximum absolute atomic E-state index is 9.80. The van der Waals surface area contributed by atoms with E-state index in [0.717, 1.165) is 16.8 Å². The molecule has 4 heteroatoms. The quantitative estimate of drug-likeness (QED) is 0.692. The van der Waals surface area contributed by atoms with E-state index in [4.69, 9.17) is 0 Å². The van der Waals surface area contributed by atoms with Gasteiger partial charge in [0, 0.05) is 0 Å². The van der Waals surface area contributed by atoms with Crippen molar-refractivity contribution in [2.75, 3.05) is 0 Å². The van der Waals surface area contributed by atoms with Gasteiger partial charge < -0.3 is 5.11 Å². The van der Waals surface area contributed by atoms with E-state index in [2.05, 4.69) is 10.3 Å². The molecular weight excluding hydrogens is 214 g/mol. The maximum Gasteiger partial charge on any atom is 0.155 e. The number of aryl methyl sites for hydroxylation is 1. The van der Waals surface area contributed by atoms with Gasteiger partial charge in [-0.1, -0.05) is 23.4 Å². The summed E-state index contributed by atoms with van der Waals surface area (Å²) in [5.74, 6) is 0.169. The third-order valence-electron chi connectivity index (χ3n) is 2.68. The van der Waals surface area contributed by atoms with Crippen LogP contribution in [-0.2, 0) is 0 Å². The summed E-state index contributed by atoms with van der Waals surface area (Å²) in [6, 6.07) is 13.4. The minimum absolute atomic E-state index is 0.169. The Morgan fingerprint density at radius 2 is 1.88 bits per heavy atom. The van der Waals surface area contributed by atoms with Gasteiger partial charge in [0.1, 0.15) is 5.75 Å². The summed E-state index contributed by atoms with van der Waals surface area (Å²) in [4.78, 5) is 0. The number of aromatic nitrogens is 3. The SMILES string of the molecule is Cc1cc(O)c2nnn(-c3ccccc3)c2c1. The van der Waals surface area contributed by atoms with Crippen LogP contribution in [0, 0.1) is 6.92 Å². The van der Waals surface area contributed by atoms with Crippen LogP contribution in [-0.4, -0.2) is 20.1 Å². The second kappa shape index (κ2) is 3.59. The molecule has 0 atom stereocenters. The average Bonchev–Trinajstić information content (AvgIpc) is 2.74. The Kier molecular flexibility index (Phi) is 2.08. The number of fused-ring (bicyclic) bond motifs is 1. The minimum atomic E-state index is 0.169. The van der Waals surface area contributed by atoms with Crippen LogP contribution < -0.4 is 0 Å². The molecule has 1 aromatic heterocycles. The number of para-hydroxylation sites is 1. The molecule has 0 saturated carbocycles. The molecule has 4 nitrogen and oxygen atoms in total. The maximum atomic E-state index is 9.80. The summed E-state index contributed by atoms with van der Waals surface area (Å²) in [5.41, 5.74) is 3.25. The number of aromatic hydroxyl groups is 1. The number of benzene rings is 2. The number of phenolic OH excluding ortho intramolecular Hbond substituents is 1. The lowest BCUT2D eigenvalue weighted by molar-refractivity contribution is 0.480. The van der Waals surface area contributed by atoms with Gasteiger partial charge in [-0.3, -0.25) is 0 Å². The standard InChI is InChI=1S/C13H11N3O/c1-9-7-11-13(12(17)8-9)14-15-16(11)10-5-3-2-4-6-10/h2-8,17H,1H3. The molecule has 0 bridgehead atoms. The Bertz CT molecular complexity index is 674. The van der Waals surface area contributed by atoms with E-state index in [9.17, 15) is 5.11 Å².